The molecular weight excluding hydrogens is 142 g/mol. The molecule has 0 saturated carbocycles. The zero-order valence-electron chi connectivity index (χ0n) is 6.53. The van der Waals surface area contributed by atoms with E-state index >= 15 is 0 Å². The number of hydrogen-bond acceptors (Lipinski definition) is 2. The van der Waals surface area contributed by atoms with E-state index in [1.165, 1.54) is 11.9 Å². The van der Waals surface area contributed by atoms with Gasteiger partial charge in [-0.2, -0.15) is 0 Å². The van der Waals surface area contributed by atoms with Crippen molar-refractivity contribution < 1.29 is 1.37 Å². The lowest BCUT2D eigenvalue weighted by Gasteiger charge is -1.87. The quantitative estimate of drug-likeness (QED) is 0.469. The lowest BCUT2D eigenvalue weighted by atomic mass is 10.2. The lowest BCUT2D eigenvalue weighted by Crippen LogP contribution is -1.75. The first kappa shape index (κ1) is 5.98. The predicted molar refractivity (Wildman–Crippen MR) is 47.6 cm³/mol. The Labute approximate surface area is 66.7 Å². The van der Waals surface area contributed by atoms with Gasteiger partial charge in [-0.05, 0) is 17.5 Å². The van der Waals surface area contributed by atoms with Gasteiger partial charge in [-0.15, -0.1) is 0 Å². The van der Waals surface area contributed by atoms with Crippen LogP contribution in [0.25, 0.3) is 0 Å². The van der Waals surface area contributed by atoms with E-state index in [1.54, 1.807) is 6.21 Å². The normalized spacial score (nSPS) is 11.8. The van der Waals surface area contributed by atoms with Gasteiger partial charge >= 0.3 is 0 Å². The standard InChI is InChI=1S/C8H9NS/c1-10-9-7-8-5-3-2-4-6-8/h2-7H,1H3/b9-7-/i1T. The van der Waals surface area contributed by atoms with Crippen molar-refractivity contribution in [3.8, 4) is 0 Å². The highest BCUT2D eigenvalue weighted by Gasteiger charge is 1.80. The molecule has 0 spiro atoms. The Hall–Kier alpha value is -0.760. The Morgan fingerprint density at radius 3 is 3.00 bits per heavy atom. The summed E-state index contributed by atoms with van der Waals surface area (Å²) in [6, 6.07) is 9.86. The van der Waals surface area contributed by atoms with Crippen molar-refractivity contribution in [2.45, 2.75) is 0 Å². The van der Waals surface area contributed by atoms with E-state index < -0.39 is 0 Å². The minimum absolute atomic E-state index is 0.281. The summed E-state index contributed by atoms with van der Waals surface area (Å²) in [5, 5.41) is 0. The molecule has 0 fully saturated rings. The van der Waals surface area contributed by atoms with E-state index in [1.807, 2.05) is 30.3 Å². The molecule has 2 heteroatoms. The van der Waals surface area contributed by atoms with Gasteiger partial charge in [-0.3, -0.25) is 0 Å². The second kappa shape index (κ2) is 4.12. The third kappa shape index (κ3) is 2.23. The van der Waals surface area contributed by atoms with Crippen LogP contribution in [0.5, 0.6) is 0 Å². The van der Waals surface area contributed by atoms with Gasteiger partial charge in [0.05, 0.1) is 0 Å². The summed E-state index contributed by atoms with van der Waals surface area (Å²) in [5.74, 6) is 0. The Kier molecular flexibility index (Phi) is 2.46. The molecule has 0 saturated heterocycles. The number of nitrogens with zero attached hydrogens (tertiary/aromatic N) is 1. The Morgan fingerprint density at radius 1 is 1.50 bits per heavy atom. The van der Waals surface area contributed by atoms with Gasteiger partial charge in [-0.1, -0.05) is 30.3 Å². The van der Waals surface area contributed by atoms with E-state index in [0.29, 0.717) is 0 Å². The molecule has 1 aromatic rings. The van der Waals surface area contributed by atoms with Gasteiger partial charge in [0.2, 0.25) is 0 Å². The summed E-state index contributed by atoms with van der Waals surface area (Å²) in [4.78, 5) is 0. The van der Waals surface area contributed by atoms with E-state index in [-0.39, 0.29) is 6.23 Å². The van der Waals surface area contributed by atoms with Crippen molar-refractivity contribution in [3.05, 3.63) is 35.9 Å². The first-order valence-corrected chi connectivity index (χ1v) is 3.87. The first-order chi connectivity index (χ1) is 5.43. The molecule has 10 heavy (non-hydrogen) atoms. The highest BCUT2D eigenvalue weighted by molar-refractivity contribution is 7.97. The van der Waals surface area contributed by atoms with Crippen LogP contribution < -0.4 is 0 Å². The van der Waals surface area contributed by atoms with Crippen LogP contribution in [-0.2, 0) is 0 Å². The molecule has 0 amide bonds. The molecule has 0 bridgehead atoms. The van der Waals surface area contributed by atoms with Gasteiger partial charge in [-0.25, -0.2) is 4.40 Å². The summed E-state index contributed by atoms with van der Waals surface area (Å²) < 4.78 is 10.8. The number of rotatable bonds is 2. The topological polar surface area (TPSA) is 12.4 Å². The summed E-state index contributed by atoms with van der Waals surface area (Å²) in [6.45, 7) is 0. The van der Waals surface area contributed by atoms with E-state index in [4.69, 9.17) is 1.37 Å². The molecule has 0 aromatic heterocycles. The van der Waals surface area contributed by atoms with Crippen LogP contribution in [0.4, 0.5) is 0 Å². The fraction of sp³-hybridized carbons (Fsp3) is 0.125. The highest BCUT2D eigenvalue weighted by Crippen LogP contribution is 1.97. The Morgan fingerprint density at radius 2 is 2.30 bits per heavy atom. The molecule has 0 radical (unpaired) electrons. The van der Waals surface area contributed by atoms with Crippen LogP contribution in [0.2, 0.25) is 0 Å². The molecule has 52 valence electrons. The zero-order chi connectivity index (χ0) is 7.94. The largest absolute Gasteiger partial charge is 0.224 e. The molecule has 0 aliphatic heterocycles. The van der Waals surface area contributed by atoms with Gasteiger partial charge in [0.25, 0.3) is 0 Å². The highest BCUT2D eigenvalue weighted by atomic mass is 32.2. The van der Waals surface area contributed by atoms with Crippen molar-refractivity contribution >= 4 is 18.2 Å². The summed E-state index contributed by atoms with van der Waals surface area (Å²) in [5.41, 5.74) is 1.08. The summed E-state index contributed by atoms with van der Waals surface area (Å²) >= 11 is 1.24. The molecule has 1 rings (SSSR count). The Bertz CT molecular complexity index is 223. The number of benzene rings is 1. The predicted octanol–water partition coefficient (Wildman–Crippen LogP) is 2.38. The molecular formula is C8H9NS. The molecule has 0 unspecified atom stereocenters. The molecule has 1 aromatic carbocycles. The molecule has 0 heterocycles. The third-order valence-corrected chi connectivity index (χ3v) is 1.33. The summed E-state index contributed by atoms with van der Waals surface area (Å²) in [7, 11) is 0. The minimum atomic E-state index is 0.281. The SMILES string of the molecule is [3H]CS/N=C\c1ccccc1. The maximum absolute atomic E-state index is 6.82. The van der Waals surface area contributed by atoms with Gasteiger partial charge in [0.1, 0.15) is 0 Å². The number of hydrogen-bond donors (Lipinski definition) is 0. The third-order valence-electron chi connectivity index (χ3n) is 1.08. The van der Waals surface area contributed by atoms with Crippen molar-refractivity contribution in [3.63, 3.8) is 0 Å². The second-order valence-corrected chi connectivity index (χ2v) is 2.24. The maximum atomic E-state index is 6.82. The van der Waals surface area contributed by atoms with E-state index in [2.05, 4.69) is 4.40 Å². The van der Waals surface area contributed by atoms with E-state index in [9.17, 15) is 0 Å². The average molecular weight is 153 g/mol. The fourth-order valence-electron chi connectivity index (χ4n) is 0.637. The van der Waals surface area contributed by atoms with Gasteiger partial charge in [0.15, 0.2) is 0 Å². The molecule has 0 atom stereocenters. The zero-order valence-corrected chi connectivity index (χ0v) is 6.34. The van der Waals surface area contributed by atoms with Crippen molar-refractivity contribution in [2.75, 3.05) is 6.23 Å². The van der Waals surface area contributed by atoms with Crippen molar-refractivity contribution in [1.82, 2.24) is 0 Å². The molecule has 0 aliphatic carbocycles. The maximum Gasteiger partial charge on any atom is 0.0423 e. The average Bonchev–Trinajstić information content (AvgIpc) is 2.07. The van der Waals surface area contributed by atoms with Gasteiger partial charge in [0, 0.05) is 13.8 Å². The minimum Gasteiger partial charge on any atom is -0.224 e. The van der Waals surface area contributed by atoms with Crippen molar-refractivity contribution in [2.24, 2.45) is 4.40 Å². The van der Waals surface area contributed by atoms with Crippen LogP contribution in [0.3, 0.4) is 0 Å². The van der Waals surface area contributed by atoms with Crippen LogP contribution in [-0.4, -0.2) is 12.4 Å². The van der Waals surface area contributed by atoms with Crippen molar-refractivity contribution in [1.29, 1.82) is 0 Å². The first-order valence-electron chi connectivity index (χ1n) is 3.64. The molecule has 0 N–H and O–H groups in total. The monoisotopic (exact) mass is 153 g/mol. The van der Waals surface area contributed by atoms with E-state index in [0.717, 1.165) is 5.56 Å². The van der Waals surface area contributed by atoms with Crippen LogP contribution in [0, 0.1) is 0 Å². The molecule has 0 aliphatic rings. The van der Waals surface area contributed by atoms with Gasteiger partial charge < -0.3 is 0 Å². The summed E-state index contributed by atoms with van der Waals surface area (Å²) in [6.07, 6.45) is 2.04. The molecule has 1 nitrogen and oxygen atoms in total. The smallest absolute Gasteiger partial charge is 0.0423 e. The Balaban J connectivity index is 2.50. The fourth-order valence-corrected chi connectivity index (χ4v) is 0.833. The van der Waals surface area contributed by atoms with Crippen LogP contribution in [0.1, 0.15) is 6.93 Å². The lowest BCUT2D eigenvalue weighted by molar-refractivity contribution is 1.67. The van der Waals surface area contributed by atoms with Crippen LogP contribution >= 0.6 is 11.9 Å². The second-order valence-electron chi connectivity index (χ2n) is 1.77. The van der Waals surface area contributed by atoms with Crippen LogP contribution in [0.15, 0.2) is 34.7 Å².